The molecule has 1 aliphatic rings. The van der Waals surface area contributed by atoms with E-state index < -0.39 is 5.60 Å². The molecule has 0 radical (unpaired) electrons. The maximum atomic E-state index is 11.2. The monoisotopic (exact) mass is 269 g/mol. The highest BCUT2D eigenvalue weighted by atomic mass is 79.9. The number of hydrogen-bond acceptors (Lipinski definition) is 2. The third kappa shape index (κ3) is 2.15. The van der Waals surface area contributed by atoms with E-state index in [0.29, 0.717) is 6.54 Å². The second-order valence-corrected chi connectivity index (χ2v) is 4.72. The Morgan fingerprint density at radius 2 is 2.33 bits per heavy atom. The van der Waals surface area contributed by atoms with Gasteiger partial charge in [-0.25, -0.2) is 4.79 Å². The van der Waals surface area contributed by atoms with Crippen molar-refractivity contribution in [3.8, 4) is 0 Å². The fourth-order valence-electron chi connectivity index (χ4n) is 1.72. The largest absolute Gasteiger partial charge is 0.438 e. The Morgan fingerprint density at radius 1 is 1.53 bits per heavy atom. The van der Waals surface area contributed by atoms with Crippen molar-refractivity contribution in [2.75, 3.05) is 6.54 Å². The van der Waals surface area contributed by atoms with Gasteiger partial charge < -0.3 is 10.1 Å². The number of alkyl carbamates (subject to hydrolysis) is 1. The highest BCUT2D eigenvalue weighted by Crippen LogP contribution is 2.32. The van der Waals surface area contributed by atoms with Crippen LogP contribution in [-0.2, 0) is 10.3 Å². The Kier molecular flexibility index (Phi) is 2.69. The van der Waals surface area contributed by atoms with Crippen molar-refractivity contribution in [1.82, 2.24) is 5.32 Å². The average molecular weight is 270 g/mol. The molecule has 1 fully saturated rings. The number of carbonyl (C=O) groups is 1. The summed E-state index contributed by atoms with van der Waals surface area (Å²) in [6, 6.07) is 7.86. The summed E-state index contributed by atoms with van der Waals surface area (Å²) >= 11 is 3.41. The summed E-state index contributed by atoms with van der Waals surface area (Å²) in [4.78, 5) is 11.2. The van der Waals surface area contributed by atoms with Gasteiger partial charge in [0.1, 0.15) is 5.60 Å². The molecule has 3 nitrogen and oxygen atoms in total. The molecule has 1 heterocycles. The minimum absolute atomic E-state index is 0.344. The van der Waals surface area contributed by atoms with Crippen LogP contribution >= 0.6 is 15.9 Å². The Balaban J connectivity index is 2.32. The number of benzene rings is 1. The molecule has 80 valence electrons. The SMILES string of the molecule is CC1(c2cccc(Br)c2)CCNC(=O)O1. The molecule has 0 saturated carbocycles. The van der Waals surface area contributed by atoms with Crippen LogP contribution in [0, 0.1) is 0 Å². The smallest absolute Gasteiger partial charge is 0.408 e. The standard InChI is InChI=1S/C11H12BrNO2/c1-11(5-6-13-10(14)15-11)8-3-2-4-9(12)7-8/h2-4,7H,5-6H2,1H3,(H,13,14). The maximum Gasteiger partial charge on any atom is 0.408 e. The molecule has 0 aliphatic carbocycles. The van der Waals surface area contributed by atoms with Gasteiger partial charge >= 0.3 is 6.09 Å². The number of cyclic esters (lactones) is 1. The van der Waals surface area contributed by atoms with Gasteiger partial charge in [-0.3, -0.25) is 0 Å². The van der Waals surface area contributed by atoms with E-state index in [9.17, 15) is 4.79 Å². The Bertz CT molecular complexity index is 394. The van der Waals surface area contributed by atoms with E-state index in [2.05, 4.69) is 21.2 Å². The first-order valence-electron chi connectivity index (χ1n) is 4.83. The van der Waals surface area contributed by atoms with Crippen molar-refractivity contribution >= 4 is 22.0 Å². The van der Waals surface area contributed by atoms with E-state index in [-0.39, 0.29) is 6.09 Å². The summed E-state index contributed by atoms with van der Waals surface area (Å²) in [6.07, 6.45) is 0.443. The molecule has 2 rings (SSSR count). The summed E-state index contributed by atoms with van der Waals surface area (Å²) in [6.45, 7) is 2.59. The van der Waals surface area contributed by atoms with Crippen LogP contribution in [-0.4, -0.2) is 12.6 Å². The first kappa shape index (κ1) is 10.5. The molecule has 1 aliphatic heterocycles. The summed E-state index contributed by atoms with van der Waals surface area (Å²) in [5.74, 6) is 0. The maximum absolute atomic E-state index is 11.2. The molecule has 15 heavy (non-hydrogen) atoms. The lowest BCUT2D eigenvalue weighted by molar-refractivity contribution is -0.00277. The van der Waals surface area contributed by atoms with Crippen LogP contribution in [0.25, 0.3) is 0 Å². The van der Waals surface area contributed by atoms with Gasteiger partial charge in [-0.05, 0) is 24.6 Å². The van der Waals surface area contributed by atoms with Crippen LogP contribution < -0.4 is 5.32 Å². The summed E-state index contributed by atoms with van der Waals surface area (Å²) in [5, 5.41) is 2.65. The minimum atomic E-state index is -0.508. The molecule has 0 spiro atoms. The van der Waals surface area contributed by atoms with Crippen molar-refractivity contribution in [3.63, 3.8) is 0 Å². The Morgan fingerprint density at radius 3 is 3.00 bits per heavy atom. The van der Waals surface area contributed by atoms with Crippen LogP contribution in [0.5, 0.6) is 0 Å². The lowest BCUT2D eigenvalue weighted by Crippen LogP contribution is -2.43. The van der Waals surface area contributed by atoms with Gasteiger partial charge in [-0.15, -0.1) is 0 Å². The zero-order valence-corrected chi connectivity index (χ0v) is 10.0. The molecule has 1 saturated heterocycles. The topological polar surface area (TPSA) is 38.3 Å². The first-order chi connectivity index (χ1) is 7.10. The van der Waals surface area contributed by atoms with E-state index >= 15 is 0 Å². The van der Waals surface area contributed by atoms with E-state index in [1.165, 1.54) is 0 Å². The van der Waals surface area contributed by atoms with E-state index in [0.717, 1.165) is 16.5 Å². The third-order valence-electron chi connectivity index (χ3n) is 2.62. The van der Waals surface area contributed by atoms with Crippen LogP contribution in [0.1, 0.15) is 18.9 Å². The molecular weight excluding hydrogens is 258 g/mol. The number of halogens is 1. The van der Waals surface area contributed by atoms with E-state index in [4.69, 9.17) is 4.74 Å². The van der Waals surface area contributed by atoms with Gasteiger partial charge in [0.25, 0.3) is 0 Å². The number of carbonyl (C=O) groups excluding carboxylic acids is 1. The van der Waals surface area contributed by atoms with E-state index in [1.807, 2.05) is 31.2 Å². The van der Waals surface area contributed by atoms with Gasteiger partial charge in [0, 0.05) is 17.4 Å². The predicted molar refractivity (Wildman–Crippen MR) is 60.6 cm³/mol. The number of nitrogens with one attached hydrogen (secondary N) is 1. The molecule has 1 atom stereocenters. The molecule has 4 heteroatoms. The van der Waals surface area contributed by atoms with Crippen molar-refractivity contribution in [2.45, 2.75) is 18.9 Å². The summed E-state index contributed by atoms with van der Waals surface area (Å²) < 4.78 is 6.34. The normalized spacial score (nSPS) is 25.6. The van der Waals surface area contributed by atoms with Crippen molar-refractivity contribution < 1.29 is 9.53 Å². The van der Waals surface area contributed by atoms with Crippen LogP contribution in [0.3, 0.4) is 0 Å². The fraction of sp³-hybridized carbons (Fsp3) is 0.364. The molecule has 1 aromatic rings. The number of rotatable bonds is 1. The van der Waals surface area contributed by atoms with Gasteiger partial charge in [-0.1, -0.05) is 28.1 Å². The second kappa shape index (κ2) is 3.85. The first-order valence-corrected chi connectivity index (χ1v) is 5.62. The highest BCUT2D eigenvalue weighted by molar-refractivity contribution is 9.10. The lowest BCUT2D eigenvalue weighted by Gasteiger charge is -2.34. The predicted octanol–water partition coefficient (Wildman–Crippen LogP) is 2.79. The number of ether oxygens (including phenoxy) is 1. The summed E-state index contributed by atoms with van der Waals surface area (Å²) in [7, 11) is 0. The third-order valence-corrected chi connectivity index (χ3v) is 3.12. The van der Waals surface area contributed by atoms with Gasteiger partial charge in [-0.2, -0.15) is 0 Å². The molecule has 1 aromatic carbocycles. The average Bonchev–Trinajstić information content (AvgIpc) is 2.17. The number of amides is 1. The van der Waals surface area contributed by atoms with Crippen LogP contribution in [0.15, 0.2) is 28.7 Å². The Hall–Kier alpha value is -1.03. The zero-order valence-electron chi connectivity index (χ0n) is 8.42. The molecule has 1 N–H and O–H groups in total. The molecule has 0 bridgehead atoms. The van der Waals surface area contributed by atoms with Gasteiger partial charge in [0.2, 0.25) is 0 Å². The van der Waals surface area contributed by atoms with Crippen LogP contribution in [0.4, 0.5) is 4.79 Å². The highest BCUT2D eigenvalue weighted by Gasteiger charge is 2.34. The second-order valence-electron chi connectivity index (χ2n) is 3.81. The molecule has 0 aromatic heterocycles. The molecule has 1 unspecified atom stereocenters. The van der Waals surface area contributed by atoms with E-state index in [1.54, 1.807) is 0 Å². The molecular formula is C11H12BrNO2. The van der Waals surface area contributed by atoms with Gasteiger partial charge in [0.05, 0.1) is 0 Å². The van der Waals surface area contributed by atoms with Crippen LogP contribution in [0.2, 0.25) is 0 Å². The lowest BCUT2D eigenvalue weighted by atomic mass is 9.91. The quantitative estimate of drug-likeness (QED) is 0.852. The van der Waals surface area contributed by atoms with Crippen molar-refractivity contribution in [3.05, 3.63) is 34.3 Å². The fourth-order valence-corrected chi connectivity index (χ4v) is 2.11. The number of hydrogen-bond donors (Lipinski definition) is 1. The minimum Gasteiger partial charge on any atom is -0.438 e. The zero-order chi connectivity index (χ0) is 10.9. The molecule has 1 amide bonds. The summed E-state index contributed by atoms with van der Waals surface area (Å²) in [5.41, 5.74) is 0.512. The van der Waals surface area contributed by atoms with Crippen molar-refractivity contribution in [1.29, 1.82) is 0 Å². The van der Waals surface area contributed by atoms with Gasteiger partial charge in [0.15, 0.2) is 0 Å². The Labute approximate surface area is 96.9 Å². The van der Waals surface area contributed by atoms with Crippen molar-refractivity contribution in [2.24, 2.45) is 0 Å².